The largest absolute Gasteiger partial charge is 0.509 e. The Morgan fingerprint density at radius 3 is 1.55 bits per heavy atom. The fourth-order valence-electron chi connectivity index (χ4n) is 9.51. The van der Waals surface area contributed by atoms with E-state index >= 15 is 0 Å². The van der Waals surface area contributed by atoms with Gasteiger partial charge in [-0.2, -0.15) is 0 Å². The minimum Gasteiger partial charge on any atom is -0.452 e. The van der Waals surface area contributed by atoms with Gasteiger partial charge in [0.1, 0.15) is 36.1 Å². The van der Waals surface area contributed by atoms with Crippen molar-refractivity contribution < 1.29 is 67.0 Å². The van der Waals surface area contributed by atoms with Crippen LogP contribution in [0.1, 0.15) is 250 Å². The average molecular weight is 1120 g/mol. The highest BCUT2D eigenvalue weighted by molar-refractivity contribution is 5.90. The summed E-state index contributed by atoms with van der Waals surface area (Å²) in [5.74, 6) is -3.91. The summed E-state index contributed by atoms with van der Waals surface area (Å²) in [6.07, 6.45) is 22.7. The Hall–Kier alpha value is -4.99. The van der Waals surface area contributed by atoms with Crippen LogP contribution in [0.4, 0.5) is 9.59 Å². The Morgan fingerprint density at radius 2 is 1.06 bits per heavy atom. The fraction of sp³-hybridized carbons (Fsp3) is 0.708. The second-order valence-electron chi connectivity index (χ2n) is 23.6. The van der Waals surface area contributed by atoms with Crippen LogP contribution in [0.5, 0.6) is 0 Å². The first-order chi connectivity index (χ1) is 38.2. The number of unbranched alkanes of at least 4 members (excludes halogenated alkanes) is 23. The first-order valence-corrected chi connectivity index (χ1v) is 30.5. The van der Waals surface area contributed by atoms with Crippen LogP contribution in [0.15, 0.2) is 72.8 Å². The van der Waals surface area contributed by atoms with Crippen LogP contribution >= 0.6 is 0 Å². The van der Waals surface area contributed by atoms with Gasteiger partial charge in [-0.3, -0.25) is 4.79 Å². The number of rotatable bonds is 39. The highest BCUT2D eigenvalue weighted by Crippen LogP contribution is 2.36. The van der Waals surface area contributed by atoms with Gasteiger partial charge >= 0.3 is 24.2 Å². The number of carbonyl (C=O) groups excluding carboxylic acids is 5. The van der Waals surface area contributed by atoms with Crippen molar-refractivity contribution in [3.63, 3.8) is 0 Å². The summed E-state index contributed by atoms with van der Waals surface area (Å²) in [5.41, 5.74) is -1.50. The van der Waals surface area contributed by atoms with Crippen molar-refractivity contribution in [1.29, 1.82) is 0 Å². The van der Waals surface area contributed by atoms with Crippen LogP contribution in [0.2, 0.25) is 0 Å². The number of benzene rings is 2. The Labute approximate surface area is 480 Å². The molecule has 2 aromatic carbocycles. The molecule has 3 rings (SSSR count). The number of carbonyl (C=O) groups is 5. The lowest BCUT2D eigenvalue weighted by atomic mass is 9.92. The van der Waals surface area contributed by atoms with Crippen LogP contribution in [-0.4, -0.2) is 102 Å². The predicted octanol–water partition coefficient (Wildman–Crippen LogP) is 15.4. The van der Waals surface area contributed by atoms with E-state index in [2.05, 4.69) is 19.2 Å². The Balaban J connectivity index is 1.96. The van der Waals surface area contributed by atoms with Crippen molar-refractivity contribution in [1.82, 2.24) is 5.32 Å². The van der Waals surface area contributed by atoms with E-state index in [1.165, 1.54) is 128 Å². The first-order valence-electron chi connectivity index (χ1n) is 30.5. The van der Waals surface area contributed by atoms with Gasteiger partial charge in [0.2, 0.25) is 11.7 Å². The van der Waals surface area contributed by atoms with Gasteiger partial charge in [-0.25, -0.2) is 19.2 Å². The number of nitrogens with one attached hydrogen (secondary N) is 1. The van der Waals surface area contributed by atoms with E-state index in [9.17, 15) is 29.1 Å². The minimum atomic E-state index is -2.12. The zero-order chi connectivity index (χ0) is 58.7. The van der Waals surface area contributed by atoms with Crippen molar-refractivity contribution in [2.45, 2.75) is 283 Å². The van der Waals surface area contributed by atoms with Gasteiger partial charge in [0.05, 0.1) is 23.8 Å². The van der Waals surface area contributed by atoms with Gasteiger partial charge in [0.25, 0.3) is 0 Å². The third kappa shape index (κ3) is 29.6. The van der Waals surface area contributed by atoms with Gasteiger partial charge in [0.15, 0.2) is 12.2 Å². The third-order valence-electron chi connectivity index (χ3n) is 13.9. The molecule has 0 unspecified atom stereocenters. The van der Waals surface area contributed by atoms with Crippen LogP contribution < -0.4 is 5.32 Å². The number of allylic oxidation sites excluding steroid dienone is 1. The Morgan fingerprint density at radius 1 is 0.613 bits per heavy atom. The van der Waals surface area contributed by atoms with E-state index in [1.54, 1.807) is 96.1 Å². The number of aliphatic hydroxyl groups excluding tert-OH is 1. The number of ether oxygens (including phenoxy) is 8. The number of esters is 2. The molecule has 15 heteroatoms. The summed E-state index contributed by atoms with van der Waals surface area (Å²) in [7, 11) is 0. The number of hydrogen-bond donors (Lipinski definition) is 2. The van der Waals surface area contributed by atoms with Crippen molar-refractivity contribution in [3.8, 4) is 0 Å². The van der Waals surface area contributed by atoms with E-state index < -0.39 is 91.0 Å². The predicted molar refractivity (Wildman–Crippen MR) is 312 cm³/mol. The molecule has 0 aliphatic carbocycles. The van der Waals surface area contributed by atoms with Crippen molar-refractivity contribution >= 4 is 30.2 Å². The molecule has 2 aromatic rings. The van der Waals surface area contributed by atoms with Crippen LogP contribution in [0.3, 0.4) is 0 Å². The molecule has 0 aromatic heterocycles. The van der Waals surface area contributed by atoms with Crippen molar-refractivity contribution in [2.75, 3.05) is 13.2 Å². The highest BCUT2D eigenvalue weighted by Gasteiger charge is 2.58. The van der Waals surface area contributed by atoms with E-state index in [0.717, 1.165) is 38.5 Å². The van der Waals surface area contributed by atoms with E-state index in [4.69, 9.17) is 37.9 Å². The summed E-state index contributed by atoms with van der Waals surface area (Å²) in [6.45, 7) is 14.7. The molecule has 452 valence electrons. The lowest BCUT2D eigenvalue weighted by Crippen LogP contribution is -2.67. The molecule has 1 fully saturated rings. The van der Waals surface area contributed by atoms with Crippen LogP contribution in [0.25, 0.3) is 0 Å². The molecular weight excluding hydrogens is 1020 g/mol. The topological polar surface area (TPSA) is 191 Å². The third-order valence-corrected chi connectivity index (χ3v) is 13.9. The maximum Gasteiger partial charge on any atom is 0.509 e. The van der Waals surface area contributed by atoms with Crippen molar-refractivity contribution in [2.24, 2.45) is 0 Å². The van der Waals surface area contributed by atoms with E-state index in [-0.39, 0.29) is 17.9 Å². The second kappa shape index (κ2) is 38.7. The Bertz CT molecular complexity index is 2050. The number of aliphatic hydroxyl groups is 1. The van der Waals surface area contributed by atoms with E-state index in [0.29, 0.717) is 18.4 Å². The van der Waals surface area contributed by atoms with Crippen LogP contribution in [0, 0.1) is 0 Å². The summed E-state index contributed by atoms with van der Waals surface area (Å²) in [5, 5.41) is 15.4. The number of amides is 1. The average Bonchev–Trinajstić information content (AvgIpc) is 3.40. The lowest BCUT2D eigenvalue weighted by Gasteiger charge is -2.48. The van der Waals surface area contributed by atoms with Crippen LogP contribution in [-0.2, 0) is 42.7 Å². The zero-order valence-corrected chi connectivity index (χ0v) is 50.4. The second-order valence-corrected chi connectivity index (χ2v) is 23.6. The quantitative estimate of drug-likeness (QED) is 0.0278. The molecular formula is C65H103NO14. The molecule has 1 aliphatic rings. The molecule has 0 spiro atoms. The normalized spacial score (nSPS) is 19.2. The molecule has 1 aliphatic heterocycles. The summed E-state index contributed by atoms with van der Waals surface area (Å²) >= 11 is 0. The standard InChI is InChI=1S/C65H103NO14/c1-10-12-14-16-18-20-22-24-26-28-30-32-40-46-53(75-59(69)50-42-36-34-37-43-50)52(66-55(67)47-41-33-31-29-27-25-23-21-19-17-15-13-11-2)48-74-65(9)58(77-60(70)51-44-38-35-39-45-51)56(68)57(76-62(72)80-64(6,7)8)54(78-65)49-73-61(71)79-63(3,4)5/h34-40,42-46,52-54,56-58,68H,10-33,41,47-49H2,1-9H3,(H,66,67)/t52-,53+,54+,56-,57-,58+,65-/m0/s1. The first kappa shape index (κ1) is 69.3. The SMILES string of the molecule is CCCCCCCCCCCCCC=C[C@@H](OC(=O)c1ccccc1)[C@H](CO[C@@]1(C)O[C@H](COC(=O)OC(C)(C)C)[C@H](OC(=O)OC(C)(C)C)[C@H](O)[C@H]1OC(=O)c1ccccc1)NC(=O)CCCCCCCCCCCCCCC. The molecule has 0 bridgehead atoms. The molecule has 1 heterocycles. The molecule has 0 radical (unpaired) electrons. The lowest BCUT2D eigenvalue weighted by molar-refractivity contribution is -0.357. The molecule has 15 nitrogen and oxygen atoms in total. The summed E-state index contributed by atoms with van der Waals surface area (Å²) in [4.78, 5) is 68.3. The maximum absolute atomic E-state index is 14.1. The summed E-state index contributed by atoms with van der Waals surface area (Å²) < 4.78 is 47.6. The van der Waals surface area contributed by atoms with Gasteiger partial charge in [-0.1, -0.05) is 198 Å². The van der Waals surface area contributed by atoms with Gasteiger partial charge in [0, 0.05) is 6.42 Å². The molecule has 7 atom stereocenters. The number of hydrogen-bond acceptors (Lipinski definition) is 14. The molecule has 80 heavy (non-hydrogen) atoms. The molecule has 0 saturated carbocycles. The van der Waals surface area contributed by atoms with Gasteiger partial charge in [-0.05, 0) is 98.1 Å². The molecule has 2 N–H and O–H groups in total. The van der Waals surface area contributed by atoms with Crippen molar-refractivity contribution in [3.05, 3.63) is 83.9 Å². The molecule has 1 amide bonds. The van der Waals surface area contributed by atoms with Gasteiger partial charge < -0.3 is 48.3 Å². The fourth-order valence-corrected chi connectivity index (χ4v) is 9.51. The monoisotopic (exact) mass is 1120 g/mol. The smallest absolute Gasteiger partial charge is 0.452 e. The maximum atomic E-state index is 14.1. The van der Waals surface area contributed by atoms with Gasteiger partial charge in [-0.15, -0.1) is 0 Å². The Kier molecular flexibility index (Phi) is 33.5. The highest BCUT2D eigenvalue weighted by atomic mass is 16.8. The van der Waals surface area contributed by atoms with E-state index in [1.807, 2.05) is 6.08 Å². The zero-order valence-electron chi connectivity index (χ0n) is 50.4. The minimum absolute atomic E-state index is 0.135. The molecule has 1 saturated heterocycles. The summed E-state index contributed by atoms with van der Waals surface area (Å²) in [6, 6.07) is 15.6.